The lowest BCUT2D eigenvalue weighted by Crippen LogP contribution is -2.43. The first-order valence-electron chi connectivity index (χ1n) is 27.6. The Morgan fingerprint density at radius 1 is 0.333 bits per heavy atom. The number of rotatable bonds is 12. The van der Waals surface area contributed by atoms with E-state index in [4.69, 9.17) is 18.9 Å². The van der Waals surface area contributed by atoms with Crippen molar-refractivity contribution in [2.24, 2.45) is 0 Å². The van der Waals surface area contributed by atoms with Crippen molar-refractivity contribution in [1.82, 2.24) is 0 Å². The van der Waals surface area contributed by atoms with Crippen LogP contribution in [0.5, 0.6) is 23.0 Å². The molecule has 6 heteroatoms. The SMILES string of the molecule is COc1ccc2ccccc2c1-c1c(OC)c(C#C/C(C#C[Si](C(C)C)(C(C)C)C(C)C)=C(/C#Cc2cc3ccccc3c(-c3c(OC)ccc4ccccc34)c2OC)C#C[Si](C(C)C)(C(C)C)C(C)C)cc2ccccc12. The lowest BCUT2D eigenvalue weighted by Gasteiger charge is -2.38. The van der Waals surface area contributed by atoms with Crippen molar-refractivity contribution in [3.8, 4) is 91.9 Å². The first kappa shape index (κ1) is 56.6. The van der Waals surface area contributed by atoms with Crippen molar-refractivity contribution < 1.29 is 18.9 Å². The fourth-order valence-corrected chi connectivity index (χ4v) is 23.3. The maximum atomic E-state index is 6.54. The summed E-state index contributed by atoms with van der Waals surface area (Å²) in [6, 6.07) is 46.3. The molecule has 0 aliphatic heterocycles. The zero-order valence-electron chi connectivity index (χ0n) is 48.8. The quantitative estimate of drug-likeness (QED) is 0.0902. The van der Waals surface area contributed by atoms with Gasteiger partial charge in [0.2, 0.25) is 0 Å². The second-order valence-electron chi connectivity index (χ2n) is 22.4. The highest BCUT2D eigenvalue weighted by Crippen LogP contribution is 2.49. The van der Waals surface area contributed by atoms with Gasteiger partial charge in [0.15, 0.2) is 0 Å². The van der Waals surface area contributed by atoms with E-state index in [1.54, 1.807) is 28.4 Å². The monoisotopic (exact) mass is 1060 g/mol. The first-order chi connectivity index (χ1) is 37.5. The summed E-state index contributed by atoms with van der Waals surface area (Å²) < 4.78 is 25.4. The van der Waals surface area contributed by atoms with E-state index in [9.17, 15) is 0 Å². The molecule has 396 valence electrons. The minimum atomic E-state index is -2.33. The Morgan fingerprint density at radius 3 is 0.923 bits per heavy atom. The molecule has 8 aromatic rings. The van der Waals surface area contributed by atoms with E-state index in [1.165, 1.54) is 0 Å². The third kappa shape index (κ3) is 10.5. The highest BCUT2D eigenvalue weighted by atomic mass is 28.3. The molecule has 0 radical (unpaired) electrons. The molecule has 0 amide bonds. The summed E-state index contributed by atoms with van der Waals surface area (Å²) in [5.41, 5.74) is 16.8. The average molecular weight is 1060 g/mol. The van der Waals surface area contributed by atoms with Gasteiger partial charge in [-0.25, -0.2) is 0 Å². The summed E-state index contributed by atoms with van der Waals surface area (Å²) in [5, 5.41) is 8.43. The highest BCUT2D eigenvalue weighted by molar-refractivity contribution is 6.91. The minimum Gasteiger partial charge on any atom is -0.496 e. The van der Waals surface area contributed by atoms with E-state index in [0.717, 1.165) is 88.0 Å². The van der Waals surface area contributed by atoms with Gasteiger partial charge in [0, 0.05) is 22.3 Å². The summed E-state index contributed by atoms with van der Waals surface area (Å²) in [5.74, 6) is 25.4. The summed E-state index contributed by atoms with van der Waals surface area (Å²) in [4.78, 5) is 0. The maximum Gasteiger partial charge on any atom is 0.146 e. The van der Waals surface area contributed by atoms with Crippen LogP contribution in [0.4, 0.5) is 0 Å². The second-order valence-corrected chi connectivity index (χ2v) is 33.5. The van der Waals surface area contributed by atoms with E-state index in [-0.39, 0.29) is 0 Å². The van der Waals surface area contributed by atoms with Crippen molar-refractivity contribution in [2.75, 3.05) is 28.4 Å². The van der Waals surface area contributed by atoms with Gasteiger partial charge in [-0.1, -0.05) is 228 Å². The smallest absolute Gasteiger partial charge is 0.146 e. The molecule has 0 aliphatic rings. The van der Waals surface area contributed by atoms with Crippen LogP contribution in [0.3, 0.4) is 0 Å². The van der Waals surface area contributed by atoms with Gasteiger partial charge in [-0.15, -0.1) is 11.1 Å². The number of benzene rings is 8. The van der Waals surface area contributed by atoms with Crippen molar-refractivity contribution in [3.05, 3.63) is 156 Å². The molecule has 0 atom stereocenters. The van der Waals surface area contributed by atoms with Gasteiger partial charge < -0.3 is 18.9 Å². The van der Waals surface area contributed by atoms with Crippen molar-refractivity contribution in [1.29, 1.82) is 0 Å². The van der Waals surface area contributed by atoms with Crippen LogP contribution in [0.25, 0.3) is 65.3 Å². The van der Waals surface area contributed by atoms with E-state index in [2.05, 4.69) is 251 Å². The maximum absolute atomic E-state index is 6.54. The molecular weight excluding hydrogens is 985 g/mol. The standard InChI is InChI=1S/C72H76O4Si2/c1-47(2)77(48(3)4,49(5)6)43-41-53(33-35-59-45-57-27-19-23-31-63(57)69(71(59)75-15)67-61-29-21-17-25-55(61)37-39-65(67)73-13)54(42-44-78(50(7)8,51(9)10)52(11)12)34-36-60-46-58-28-20-24-32-64(58)70(72(60)76-16)68-62-30-22-18-26-56(62)38-40-66(68)74-14/h17-32,37-40,45-52H,1-16H3/b54-53+. The molecule has 0 N–H and O–H groups in total. The molecule has 0 fully saturated rings. The Labute approximate surface area is 468 Å². The van der Waals surface area contributed by atoms with E-state index >= 15 is 0 Å². The van der Waals surface area contributed by atoms with Crippen LogP contribution in [0.15, 0.2) is 145 Å². The third-order valence-electron chi connectivity index (χ3n) is 16.6. The predicted octanol–water partition coefficient (Wildman–Crippen LogP) is 18.8. The van der Waals surface area contributed by atoms with Gasteiger partial charge in [-0.2, -0.15) is 0 Å². The molecule has 8 aromatic carbocycles. The van der Waals surface area contributed by atoms with Gasteiger partial charge in [0.05, 0.1) is 50.7 Å². The Kier molecular flexibility index (Phi) is 17.4. The molecule has 0 saturated carbocycles. The number of methoxy groups -OCH3 is 4. The third-order valence-corrected chi connectivity index (χ3v) is 29.1. The molecule has 0 aliphatic carbocycles. The lowest BCUT2D eigenvalue weighted by molar-refractivity contribution is 0.410. The molecular formula is C72H76O4Si2. The zero-order chi connectivity index (χ0) is 56.1. The largest absolute Gasteiger partial charge is 0.496 e. The average Bonchev–Trinajstić information content (AvgIpc) is 3.61. The number of fused-ring (bicyclic) bond motifs is 4. The van der Waals surface area contributed by atoms with Crippen LogP contribution in [0.2, 0.25) is 33.2 Å². The molecule has 78 heavy (non-hydrogen) atoms. The van der Waals surface area contributed by atoms with Crippen molar-refractivity contribution in [3.63, 3.8) is 0 Å². The van der Waals surface area contributed by atoms with Gasteiger partial charge in [-0.05, 0) is 101 Å². The normalized spacial score (nSPS) is 12.1. The van der Waals surface area contributed by atoms with Gasteiger partial charge in [0.1, 0.15) is 39.1 Å². The topological polar surface area (TPSA) is 36.9 Å². The summed E-state index contributed by atoms with van der Waals surface area (Å²) in [6.07, 6.45) is 0. The predicted molar refractivity (Wildman–Crippen MR) is 338 cm³/mol. The van der Waals surface area contributed by atoms with Crippen LogP contribution in [-0.2, 0) is 0 Å². The van der Waals surface area contributed by atoms with Crippen LogP contribution in [-0.4, -0.2) is 44.6 Å². The van der Waals surface area contributed by atoms with Gasteiger partial charge >= 0.3 is 0 Å². The van der Waals surface area contributed by atoms with E-state index in [1.807, 2.05) is 12.1 Å². The summed E-state index contributed by atoms with van der Waals surface area (Å²) in [7, 11) is 2.25. The molecule has 0 unspecified atom stereocenters. The number of hydrogen-bond donors (Lipinski definition) is 0. The molecule has 0 heterocycles. The van der Waals surface area contributed by atoms with Gasteiger partial charge in [-0.3, -0.25) is 0 Å². The fourth-order valence-electron chi connectivity index (χ4n) is 12.9. The molecule has 0 saturated heterocycles. The summed E-state index contributed by atoms with van der Waals surface area (Å²) in [6.45, 7) is 28.2. The number of hydrogen-bond acceptors (Lipinski definition) is 4. The fraction of sp³-hybridized carbons (Fsp3) is 0.306. The minimum absolute atomic E-state index is 0.382. The first-order valence-corrected chi connectivity index (χ1v) is 32.1. The van der Waals surface area contributed by atoms with Crippen molar-refractivity contribution >= 4 is 59.2 Å². The van der Waals surface area contributed by atoms with Gasteiger partial charge in [0.25, 0.3) is 0 Å². The van der Waals surface area contributed by atoms with Crippen LogP contribution < -0.4 is 18.9 Å². The molecule has 0 aromatic heterocycles. The Balaban J connectivity index is 1.54. The number of ether oxygens (including phenoxy) is 4. The lowest BCUT2D eigenvalue weighted by atomic mass is 9.90. The molecule has 0 bridgehead atoms. The van der Waals surface area contributed by atoms with E-state index in [0.29, 0.717) is 55.9 Å². The summed E-state index contributed by atoms with van der Waals surface area (Å²) >= 11 is 0. The van der Waals surface area contributed by atoms with E-state index < -0.39 is 16.1 Å². The Morgan fingerprint density at radius 2 is 0.628 bits per heavy atom. The molecule has 8 rings (SSSR count). The van der Waals surface area contributed by atoms with Crippen LogP contribution in [0.1, 0.15) is 94.2 Å². The van der Waals surface area contributed by atoms with Crippen LogP contribution >= 0.6 is 0 Å². The zero-order valence-corrected chi connectivity index (χ0v) is 50.8. The number of allylic oxidation sites excluding steroid dienone is 2. The van der Waals surface area contributed by atoms with Crippen molar-refractivity contribution in [2.45, 2.75) is 116 Å². The molecule has 0 spiro atoms. The second kappa shape index (κ2) is 24.0. The molecule has 4 nitrogen and oxygen atoms in total. The highest BCUT2D eigenvalue weighted by Gasteiger charge is 2.43. The Hall–Kier alpha value is -7.59. The Bertz CT molecular complexity index is 3570. The van der Waals surface area contributed by atoms with Crippen LogP contribution in [0, 0.1) is 46.6 Å².